The van der Waals surface area contributed by atoms with E-state index in [0.29, 0.717) is 29.3 Å². The van der Waals surface area contributed by atoms with Gasteiger partial charge in [-0.1, -0.05) is 29.8 Å². The standard InChI is InChI=1S/C17H18ClN3O2S/c18-14-6-2-1-5-13(14)11-21-9-10-24-17(21)19-15(22)12-20-8-4-3-7-16(20)23/h1-2,5-6,9-10H,3-4,7-8,11-12H2. The largest absolute Gasteiger partial charge is 0.333 e. The van der Waals surface area contributed by atoms with Gasteiger partial charge in [-0.3, -0.25) is 9.59 Å². The molecule has 0 spiro atoms. The van der Waals surface area contributed by atoms with Crippen molar-refractivity contribution >= 4 is 34.8 Å². The lowest BCUT2D eigenvalue weighted by Gasteiger charge is -2.24. The van der Waals surface area contributed by atoms with Crippen LogP contribution in [-0.2, 0) is 16.1 Å². The normalized spacial score (nSPS) is 15.8. The van der Waals surface area contributed by atoms with E-state index in [-0.39, 0.29) is 18.4 Å². The van der Waals surface area contributed by atoms with Crippen molar-refractivity contribution in [1.29, 1.82) is 0 Å². The topological polar surface area (TPSA) is 54.7 Å². The number of hydrogen-bond acceptors (Lipinski definition) is 3. The smallest absolute Gasteiger partial charge is 0.267 e. The minimum absolute atomic E-state index is 0.0416. The second-order valence-corrected chi connectivity index (χ2v) is 6.96. The molecule has 1 aromatic heterocycles. The molecule has 5 nitrogen and oxygen atoms in total. The minimum atomic E-state index is -0.291. The van der Waals surface area contributed by atoms with Crippen LogP contribution in [-0.4, -0.2) is 34.4 Å². The Labute approximate surface area is 149 Å². The van der Waals surface area contributed by atoms with Crippen molar-refractivity contribution in [3.63, 3.8) is 0 Å². The monoisotopic (exact) mass is 363 g/mol. The first-order valence-corrected chi connectivity index (χ1v) is 9.12. The predicted molar refractivity (Wildman–Crippen MR) is 93.9 cm³/mol. The maximum absolute atomic E-state index is 12.2. The van der Waals surface area contributed by atoms with Gasteiger partial charge in [-0.2, -0.15) is 4.99 Å². The third kappa shape index (κ3) is 4.13. The molecule has 1 aliphatic heterocycles. The molecule has 7 heteroatoms. The Morgan fingerprint density at radius 1 is 1.29 bits per heavy atom. The van der Waals surface area contributed by atoms with Crippen molar-refractivity contribution in [2.24, 2.45) is 4.99 Å². The number of piperidine rings is 1. The van der Waals surface area contributed by atoms with Gasteiger partial charge >= 0.3 is 0 Å². The van der Waals surface area contributed by atoms with E-state index in [1.807, 2.05) is 40.4 Å². The molecule has 1 aliphatic rings. The van der Waals surface area contributed by atoms with Crippen LogP contribution in [0, 0.1) is 0 Å². The van der Waals surface area contributed by atoms with E-state index in [0.717, 1.165) is 18.4 Å². The van der Waals surface area contributed by atoms with Gasteiger partial charge in [0.15, 0.2) is 4.80 Å². The van der Waals surface area contributed by atoms with E-state index in [1.165, 1.54) is 11.3 Å². The van der Waals surface area contributed by atoms with E-state index in [9.17, 15) is 9.59 Å². The van der Waals surface area contributed by atoms with Crippen molar-refractivity contribution in [2.75, 3.05) is 13.1 Å². The molecule has 0 aliphatic carbocycles. The highest BCUT2D eigenvalue weighted by atomic mass is 35.5. The molecule has 2 amide bonds. The number of thiazole rings is 1. The van der Waals surface area contributed by atoms with Crippen LogP contribution in [0.25, 0.3) is 0 Å². The molecular weight excluding hydrogens is 346 g/mol. The Bertz CT molecular complexity index is 812. The summed E-state index contributed by atoms with van der Waals surface area (Å²) in [6.07, 6.45) is 4.26. The van der Waals surface area contributed by atoms with Gasteiger partial charge in [-0.05, 0) is 24.5 Å². The number of benzene rings is 1. The Morgan fingerprint density at radius 3 is 2.92 bits per heavy atom. The fourth-order valence-corrected chi connectivity index (χ4v) is 3.59. The number of hydrogen-bond donors (Lipinski definition) is 0. The van der Waals surface area contributed by atoms with E-state index >= 15 is 0 Å². The average molecular weight is 364 g/mol. The first-order chi connectivity index (χ1) is 11.6. The quantitative estimate of drug-likeness (QED) is 0.838. The minimum Gasteiger partial charge on any atom is -0.333 e. The summed E-state index contributed by atoms with van der Waals surface area (Å²) in [5, 5.41) is 2.57. The Kier molecular flexibility index (Phi) is 5.48. The zero-order valence-corrected chi connectivity index (χ0v) is 14.7. The van der Waals surface area contributed by atoms with Crippen LogP contribution in [0.3, 0.4) is 0 Å². The highest BCUT2D eigenvalue weighted by Gasteiger charge is 2.20. The van der Waals surface area contributed by atoms with E-state index in [4.69, 9.17) is 11.6 Å². The number of carbonyl (C=O) groups is 2. The van der Waals surface area contributed by atoms with Crippen molar-refractivity contribution < 1.29 is 9.59 Å². The first kappa shape index (κ1) is 16.9. The number of aromatic nitrogens is 1. The number of likely N-dealkylation sites (tertiary alicyclic amines) is 1. The molecule has 2 aromatic rings. The molecule has 3 rings (SSSR count). The Morgan fingerprint density at radius 2 is 2.12 bits per heavy atom. The van der Waals surface area contributed by atoms with Crippen LogP contribution in [0.2, 0.25) is 5.02 Å². The van der Waals surface area contributed by atoms with Gasteiger partial charge in [0.2, 0.25) is 5.91 Å². The summed E-state index contributed by atoms with van der Waals surface area (Å²) in [6, 6.07) is 7.60. The van der Waals surface area contributed by atoms with Gasteiger partial charge in [-0.25, -0.2) is 0 Å². The molecule has 126 valence electrons. The summed E-state index contributed by atoms with van der Waals surface area (Å²) in [4.78, 5) is 30.4. The highest BCUT2D eigenvalue weighted by Crippen LogP contribution is 2.15. The molecule has 0 unspecified atom stereocenters. The summed E-state index contributed by atoms with van der Waals surface area (Å²) in [7, 11) is 0. The summed E-state index contributed by atoms with van der Waals surface area (Å²) < 4.78 is 1.89. The van der Waals surface area contributed by atoms with Crippen LogP contribution < -0.4 is 4.80 Å². The number of nitrogens with zero attached hydrogens (tertiary/aromatic N) is 3. The number of amides is 2. The Hall–Kier alpha value is -1.92. The lowest BCUT2D eigenvalue weighted by Crippen LogP contribution is -2.39. The van der Waals surface area contributed by atoms with E-state index in [2.05, 4.69) is 4.99 Å². The summed E-state index contributed by atoms with van der Waals surface area (Å²) in [6.45, 7) is 1.25. The van der Waals surface area contributed by atoms with Crippen LogP contribution in [0.1, 0.15) is 24.8 Å². The van der Waals surface area contributed by atoms with Gasteiger partial charge < -0.3 is 9.47 Å². The molecule has 24 heavy (non-hydrogen) atoms. The van der Waals surface area contributed by atoms with Crippen molar-refractivity contribution in [3.8, 4) is 0 Å². The number of carbonyl (C=O) groups excluding carboxylic acids is 2. The molecule has 1 aromatic carbocycles. The first-order valence-electron chi connectivity index (χ1n) is 7.86. The van der Waals surface area contributed by atoms with Crippen LogP contribution >= 0.6 is 22.9 Å². The van der Waals surface area contributed by atoms with E-state index < -0.39 is 0 Å². The zero-order valence-electron chi connectivity index (χ0n) is 13.2. The number of halogens is 1. The fraction of sp³-hybridized carbons (Fsp3) is 0.353. The number of rotatable bonds is 4. The zero-order chi connectivity index (χ0) is 16.9. The molecule has 1 fully saturated rings. The second kappa shape index (κ2) is 7.77. The molecular formula is C17H18ClN3O2S. The third-order valence-corrected chi connectivity index (χ3v) is 5.09. The van der Waals surface area contributed by atoms with Crippen LogP contribution in [0.15, 0.2) is 40.8 Å². The summed E-state index contributed by atoms with van der Waals surface area (Å²) in [5.74, 6) is -0.250. The maximum Gasteiger partial charge on any atom is 0.267 e. The second-order valence-electron chi connectivity index (χ2n) is 5.68. The molecule has 1 saturated heterocycles. The van der Waals surface area contributed by atoms with E-state index in [1.54, 1.807) is 4.90 Å². The summed E-state index contributed by atoms with van der Waals surface area (Å²) >= 11 is 7.59. The van der Waals surface area contributed by atoms with Gasteiger partial charge in [0.1, 0.15) is 6.54 Å². The van der Waals surface area contributed by atoms with Crippen molar-refractivity contribution in [3.05, 3.63) is 51.2 Å². The highest BCUT2D eigenvalue weighted by molar-refractivity contribution is 7.07. The fourth-order valence-electron chi connectivity index (χ4n) is 2.65. The third-order valence-electron chi connectivity index (χ3n) is 3.93. The molecule has 0 radical (unpaired) electrons. The average Bonchev–Trinajstić information content (AvgIpc) is 2.99. The van der Waals surface area contributed by atoms with Gasteiger partial charge in [0.25, 0.3) is 5.91 Å². The summed E-state index contributed by atoms with van der Waals surface area (Å²) in [5.41, 5.74) is 0.970. The molecule has 0 saturated carbocycles. The SMILES string of the molecule is O=C(CN1CCCCC1=O)N=c1sccn1Cc1ccccc1Cl. The maximum atomic E-state index is 12.2. The van der Waals surface area contributed by atoms with Gasteiger partial charge in [0.05, 0.1) is 6.54 Å². The lowest BCUT2D eigenvalue weighted by molar-refractivity contribution is -0.137. The lowest BCUT2D eigenvalue weighted by atomic mass is 10.1. The Balaban J connectivity index is 1.74. The van der Waals surface area contributed by atoms with Gasteiger partial charge in [0, 0.05) is 29.6 Å². The molecule has 0 atom stereocenters. The molecule has 0 N–H and O–H groups in total. The van der Waals surface area contributed by atoms with Crippen LogP contribution in [0.5, 0.6) is 0 Å². The molecule has 0 bridgehead atoms. The van der Waals surface area contributed by atoms with Crippen molar-refractivity contribution in [2.45, 2.75) is 25.8 Å². The van der Waals surface area contributed by atoms with Gasteiger partial charge in [-0.15, -0.1) is 11.3 Å². The molecule has 2 heterocycles. The predicted octanol–water partition coefficient (Wildman–Crippen LogP) is 2.69. The van der Waals surface area contributed by atoms with Crippen molar-refractivity contribution in [1.82, 2.24) is 9.47 Å². The van der Waals surface area contributed by atoms with Crippen LogP contribution in [0.4, 0.5) is 0 Å².